The van der Waals surface area contributed by atoms with Gasteiger partial charge in [0.05, 0.1) is 28.8 Å². The highest BCUT2D eigenvalue weighted by Crippen LogP contribution is 2.38. The maximum Gasteiger partial charge on any atom is 0.280 e. The van der Waals surface area contributed by atoms with E-state index in [0.29, 0.717) is 17.2 Å². The Kier molecular flexibility index (Phi) is 4.97. The summed E-state index contributed by atoms with van der Waals surface area (Å²) < 4.78 is 16.1. The maximum atomic E-state index is 12.9. The van der Waals surface area contributed by atoms with Gasteiger partial charge in [-0.25, -0.2) is 0 Å². The molecule has 0 saturated carbocycles. The fourth-order valence-corrected chi connectivity index (χ4v) is 3.23. The topological polar surface area (TPSA) is 120 Å². The summed E-state index contributed by atoms with van der Waals surface area (Å²) in [6.07, 6.45) is 1.69. The van der Waals surface area contributed by atoms with Crippen LogP contribution >= 0.6 is 0 Å². The Hall–Kier alpha value is -4.08. The number of fused-ring (bicyclic) bond motifs is 2. The summed E-state index contributed by atoms with van der Waals surface area (Å²) in [5.41, 5.74) is 0.489. The second kappa shape index (κ2) is 7.74. The van der Waals surface area contributed by atoms with Crippen molar-refractivity contribution in [3.05, 3.63) is 58.2 Å². The second-order valence-corrected chi connectivity index (χ2v) is 6.49. The van der Waals surface area contributed by atoms with Crippen LogP contribution in [0.25, 0.3) is 6.08 Å². The smallest absolute Gasteiger partial charge is 0.280 e. The predicted octanol–water partition coefficient (Wildman–Crippen LogP) is 1.88. The molecule has 0 radical (unpaired) electrons. The SMILES string of the molecule is CNC(=O)[C@H]1CN(C(=O)/C=C/c2cc3c(cc2[N+](=O)[O-])OCO3)c2ccccc2O1. The number of carbonyl (C=O) groups is 2. The molecule has 0 unspecified atom stereocenters. The highest BCUT2D eigenvalue weighted by Gasteiger charge is 2.32. The van der Waals surface area contributed by atoms with Gasteiger partial charge in [0.15, 0.2) is 17.6 Å². The van der Waals surface area contributed by atoms with Gasteiger partial charge in [-0.3, -0.25) is 19.7 Å². The van der Waals surface area contributed by atoms with E-state index in [1.54, 1.807) is 24.3 Å². The van der Waals surface area contributed by atoms with E-state index in [1.165, 1.54) is 36.2 Å². The van der Waals surface area contributed by atoms with E-state index >= 15 is 0 Å². The highest BCUT2D eigenvalue weighted by molar-refractivity contribution is 6.06. The van der Waals surface area contributed by atoms with Gasteiger partial charge in [0, 0.05) is 13.1 Å². The number of nitrogens with zero attached hydrogens (tertiary/aromatic N) is 2. The third-order valence-electron chi connectivity index (χ3n) is 4.70. The van der Waals surface area contributed by atoms with Crippen LogP contribution in [0.15, 0.2) is 42.5 Å². The lowest BCUT2D eigenvalue weighted by atomic mass is 10.1. The number of likely N-dealkylation sites (N-methyl/N-ethyl adjacent to an activating group) is 1. The molecule has 2 amide bonds. The molecular weight excluding hydrogens is 394 g/mol. The molecule has 2 heterocycles. The molecule has 10 heteroatoms. The van der Waals surface area contributed by atoms with E-state index < -0.39 is 16.9 Å². The second-order valence-electron chi connectivity index (χ2n) is 6.49. The quantitative estimate of drug-likeness (QED) is 0.463. The van der Waals surface area contributed by atoms with Crippen LogP contribution in [0, 0.1) is 10.1 Å². The van der Waals surface area contributed by atoms with Crippen LogP contribution in [0.4, 0.5) is 11.4 Å². The van der Waals surface area contributed by atoms with Crippen molar-refractivity contribution in [3.8, 4) is 17.2 Å². The van der Waals surface area contributed by atoms with Gasteiger partial charge in [-0.15, -0.1) is 0 Å². The number of hydrogen-bond donors (Lipinski definition) is 1. The molecule has 2 aromatic carbocycles. The first-order valence-electron chi connectivity index (χ1n) is 9.03. The Morgan fingerprint density at radius 3 is 2.67 bits per heavy atom. The van der Waals surface area contributed by atoms with Crippen LogP contribution in [-0.4, -0.2) is 43.2 Å². The summed E-state index contributed by atoms with van der Waals surface area (Å²) in [6, 6.07) is 9.55. The fraction of sp³-hybridized carbons (Fsp3) is 0.200. The highest BCUT2D eigenvalue weighted by atomic mass is 16.7. The molecule has 2 aliphatic rings. The van der Waals surface area contributed by atoms with Crippen LogP contribution in [0.5, 0.6) is 17.2 Å². The van der Waals surface area contributed by atoms with Gasteiger partial charge in [0.2, 0.25) is 6.79 Å². The summed E-state index contributed by atoms with van der Waals surface area (Å²) in [6.45, 7) is -0.0207. The summed E-state index contributed by atoms with van der Waals surface area (Å²) in [5, 5.41) is 13.9. The zero-order chi connectivity index (χ0) is 21.3. The van der Waals surface area contributed by atoms with Gasteiger partial charge in [0.1, 0.15) is 5.75 Å². The van der Waals surface area contributed by atoms with Crippen LogP contribution in [0.2, 0.25) is 0 Å². The molecule has 30 heavy (non-hydrogen) atoms. The van der Waals surface area contributed by atoms with Crippen molar-refractivity contribution in [2.75, 3.05) is 25.3 Å². The summed E-state index contributed by atoms with van der Waals surface area (Å²) in [7, 11) is 1.48. The number of para-hydroxylation sites is 2. The van der Waals surface area contributed by atoms with Gasteiger partial charge in [-0.2, -0.15) is 0 Å². The number of ether oxygens (including phenoxy) is 3. The van der Waals surface area contributed by atoms with E-state index in [4.69, 9.17) is 14.2 Å². The molecule has 0 saturated heterocycles. The fourth-order valence-electron chi connectivity index (χ4n) is 3.23. The van der Waals surface area contributed by atoms with Gasteiger partial charge >= 0.3 is 0 Å². The standard InChI is InChI=1S/C20H17N3O7/c1-21-20(25)18-10-22(13-4-2-3-5-15(13)30-18)19(24)7-6-12-8-16-17(29-11-28-16)9-14(12)23(26)27/h2-9,18H,10-11H2,1H3,(H,21,25)/b7-6+/t18-/m1/s1. The number of carbonyl (C=O) groups excluding carboxylic acids is 2. The lowest BCUT2D eigenvalue weighted by Crippen LogP contribution is -2.49. The lowest BCUT2D eigenvalue weighted by Gasteiger charge is -2.33. The summed E-state index contributed by atoms with van der Waals surface area (Å²) in [4.78, 5) is 37.2. The predicted molar refractivity (Wildman–Crippen MR) is 106 cm³/mol. The van der Waals surface area contributed by atoms with Crippen molar-refractivity contribution in [1.82, 2.24) is 5.32 Å². The van der Waals surface area contributed by atoms with Crippen molar-refractivity contribution in [2.45, 2.75) is 6.10 Å². The molecule has 2 aromatic rings. The van der Waals surface area contributed by atoms with Gasteiger partial charge in [0.25, 0.3) is 17.5 Å². The average molecular weight is 411 g/mol. The summed E-state index contributed by atoms with van der Waals surface area (Å²) in [5.74, 6) is 0.224. The van der Waals surface area contributed by atoms with E-state index in [2.05, 4.69) is 5.32 Å². The van der Waals surface area contributed by atoms with Gasteiger partial charge < -0.3 is 24.4 Å². The van der Waals surface area contributed by atoms with E-state index in [9.17, 15) is 19.7 Å². The third kappa shape index (κ3) is 3.50. The Bertz CT molecular complexity index is 1070. The van der Waals surface area contributed by atoms with E-state index in [-0.39, 0.29) is 36.2 Å². The molecule has 1 N–H and O–H groups in total. The molecular formula is C20H17N3O7. The molecule has 0 aromatic heterocycles. The van der Waals surface area contributed by atoms with Gasteiger partial charge in [-0.05, 0) is 24.3 Å². The lowest BCUT2D eigenvalue weighted by molar-refractivity contribution is -0.385. The van der Waals surface area contributed by atoms with Crippen molar-refractivity contribution in [3.63, 3.8) is 0 Å². The number of anilines is 1. The van der Waals surface area contributed by atoms with E-state index in [1.807, 2.05) is 0 Å². The zero-order valence-corrected chi connectivity index (χ0v) is 15.9. The van der Waals surface area contributed by atoms with Crippen molar-refractivity contribution in [1.29, 1.82) is 0 Å². The number of benzene rings is 2. The first-order valence-corrected chi connectivity index (χ1v) is 9.03. The Labute approximate surface area is 170 Å². The number of rotatable bonds is 4. The van der Waals surface area contributed by atoms with Crippen LogP contribution < -0.4 is 24.4 Å². The number of nitro groups is 1. The molecule has 154 valence electrons. The molecule has 1 atom stereocenters. The molecule has 0 fully saturated rings. The minimum Gasteiger partial charge on any atom is -0.477 e. The Balaban J connectivity index is 1.64. The zero-order valence-electron chi connectivity index (χ0n) is 15.9. The van der Waals surface area contributed by atoms with Crippen LogP contribution in [-0.2, 0) is 9.59 Å². The molecule has 2 aliphatic heterocycles. The molecule has 4 rings (SSSR count). The molecule has 0 aliphatic carbocycles. The monoisotopic (exact) mass is 411 g/mol. The minimum absolute atomic E-state index is 0.00307. The average Bonchev–Trinajstić information content (AvgIpc) is 3.22. The molecule has 10 nitrogen and oxygen atoms in total. The number of hydrogen-bond acceptors (Lipinski definition) is 7. The number of nitro benzene ring substituents is 1. The third-order valence-corrected chi connectivity index (χ3v) is 4.70. The van der Waals surface area contributed by atoms with E-state index in [0.717, 1.165) is 0 Å². The Morgan fingerprint density at radius 2 is 1.93 bits per heavy atom. The first-order chi connectivity index (χ1) is 14.5. The first kappa shape index (κ1) is 19.2. The Morgan fingerprint density at radius 1 is 1.20 bits per heavy atom. The van der Waals surface area contributed by atoms with Gasteiger partial charge in [-0.1, -0.05) is 12.1 Å². The maximum absolute atomic E-state index is 12.9. The molecule has 0 spiro atoms. The van der Waals surface area contributed by atoms with Crippen LogP contribution in [0.1, 0.15) is 5.56 Å². The summed E-state index contributed by atoms with van der Waals surface area (Å²) >= 11 is 0. The number of amides is 2. The minimum atomic E-state index is -0.873. The van der Waals surface area contributed by atoms with Crippen molar-refractivity contribution in [2.24, 2.45) is 0 Å². The largest absolute Gasteiger partial charge is 0.477 e. The number of nitrogens with one attached hydrogen (secondary N) is 1. The van der Waals surface area contributed by atoms with Crippen molar-refractivity contribution >= 4 is 29.3 Å². The van der Waals surface area contributed by atoms with Crippen LogP contribution in [0.3, 0.4) is 0 Å². The van der Waals surface area contributed by atoms with Crippen molar-refractivity contribution < 1.29 is 28.7 Å². The normalized spacial score (nSPS) is 16.7. The molecule has 0 bridgehead atoms.